The number of carbonyl (C=O) groups is 1. The summed E-state index contributed by atoms with van der Waals surface area (Å²) in [7, 11) is 0. The third-order valence-electron chi connectivity index (χ3n) is 3.03. The topological polar surface area (TPSA) is 97.3 Å². The number of amides is 1. The highest BCUT2D eigenvalue weighted by Crippen LogP contribution is 2.19. The van der Waals surface area contributed by atoms with Gasteiger partial charge in [-0.2, -0.15) is 0 Å². The summed E-state index contributed by atoms with van der Waals surface area (Å²) in [6.45, 7) is 1.85. The first-order chi connectivity index (χ1) is 8.19. The zero-order chi connectivity index (χ0) is 12.3. The van der Waals surface area contributed by atoms with Crippen molar-refractivity contribution in [3.8, 4) is 0 Å². The maximum atomic E-state index is 11.9. The molecule has 1 aromatic heterocycles. The van der Waals surface area contributed by atoms with E-state index in [1.807, 2.05) is 0 Å². The van der Waals surface area contributed by atoms with Crippen molar-refractivity contribution >= 4 is 11.9 Å². The number of nitrogen functional groups attached to an aromatic ring is 1. The van der Waals surface area contributed by atoms with Crippen LogP contribution in [0.4, 0.5) is 5.95 Å². The minimum absolute atomic E-state index is 0.0235. The summed E-state index contributed by atoms with van der Waals surface area (Å²) in [6.07, 6.45) is 3.18. The Labute approximate surface area is 99.2 Å². The van der Waals surface area contributed by atoms with Gasteiger partial charge in [-0.05, 0) is 18.8 Å². The molecular weight excluding hydrogens is 222 g/mol. The number of nitrogens with zero attached hydrogens (tertiary/aromatic N) is 4. The van der Waals surface area contributed by atoms with Crippen molar-refractivity contribution < 1.29 is 9.90 Å². The van der Waals surface area contributed by atoms with Crippen LogP contribution in [0.15, 0.2) is 6.33 Å². The number of hydrogen-bond donors (Lipinski definition) is 2. The van der Waals surface area contributed by atoms with E-state index in [0.29, 0.717) is 5.92 Å². The molecule has 17 heavy (non-hydrogen) atoms. The summed E-state index contributed by atoms with van der Waals surface area (Å²) < 4.78 is 1.44. The monoisotopic (exact) mass is 239 g/mol. The van der Waals surface area contributed by atoms with Gasteiger partial charge in [0.05, 0.1) is 0 Å². The molecule has 1 aliphatic rings. The molecule has 1 saturated heterocycles. The Bertz CT molecular complexity index is 392. The summed E-state index contributed by atoms with van der Waals surface area (Å²) >= 11 is 0. The van der Waals surface area contributed by atoms with E-state index < -0.39 is 0 Å². The summed E-state index contributed by atoms with van der Waals surface area (Å²) in [5.74, 6) is 0.623. The van der Waals surface area contributed by atoms with Crippen LogP contribution >= 0.6 is 0 Å². The van der Waals surface area contributed by atoms with Crippen molar-refractivity contribution in [3.63, 3.8) is 0 Å². The Morgan fingerprint density at radius 3 is 3.12 bits per heavy atom. The fraction of sp³-hybridized carbons (Fsp3) is 0.700. The smallest absolute Gasteiger partial charge is 0.244 e. The fourth-order valence-electron chi connectivity index (χ4n) is 2.10. The van der Waals surface area contributed by atoms with E-state index in [9.17, 15) is 4.79 Å². The number of aliphatic hydroxyl groups is 1. The van der Waals surface area contributed by atoms with E-state index in [0.717, 1.165) is 25.9 Å². The molecule has 0 bridgehead atoms. The lowest BCUT2D eigenvalue weighted by Crippen LogP contribution is -2.32. The Balaban J connectivity index is 1.85. The first-order valence-electron chi connectivity index (χ1n) is 5.72. The van der Waals surface area contributed by atoms with Crippen LogP contribution in [-0.2, 0) is 11.3 Å². The maximum Gasteiger partial charge on any atom is 0.244 e. The van der Waals surface area contributed by atoms with Gasteiger partial charge < -0.3 is 15.7 Å². The lowest BCUT2D eigenvalue weighted by atomic mass is 10.1. The lowest BCUT2D eigenvalue weighted by Gasteiger charge is -2.16. The number of anilines is 1. The summed E-state index contributed by atoms with van der Waals surface area (Å²) in [5, 5.41) is 12.7. The van der Waals surface area contributed by atoms with Gasteiger partial charge in [0, 0.05) is 19.7 Å². The molecule has 0 radical (unpaired) electrons. The van der Waals surface area contributed by atoms with Gasteiger partial charge in [0.15, 0.2) is 0 Å². The van der Waals surface area contributed by atoms with Crippen LogP contribution in [0.2, 0.25) is 0 Å². The van der Waals surface area contributed by atoms with Gasteiger partial charge in [0.1, 0.15) is 12.9 Å². The molecule has 7 nitrogen and oxygen atoms in total. The second-order valence-corrected chi connectivity index (χ2v) is 4.31. The van der Waals surface area contributed by atoms with Crippen LogP contribution in [0, 0.1) is 5.92 Å². The minimum Gasteiger partial charge on any atom is -0.396 e. The molecule has 3 N–H and O–H groups in total. The van der Waals surface area contributed by atoms with Gasteiger partial charge in [0.2, 0.25) is 11.9 Å². The predicted molar refractivity (Wildman–Crippen MR) is 60.8 cm³/mol. The van der Waals surface area contributed by atoms with Crippen LogP contribution < -0.4 is 5.73 Å². The highest BCUT2D eigenvalue weighted by atomic mass is 16.3. The average molecular weight is 239 g/mol. The molecule has 0 aliphatic carbocycles. The van der Waals surface area contributed by atoms with Crippen molar-refractivity contribution in [2.24, 2.45) is 5.92 Å². The normalized spacial score (nSPS) is 19.8. The molecule has 7 heteroatoms. The Kier molecular flexibility index (Phi) is 3.58. The average Bonchev–Trinajstić information content (AvgIpc) is 2.88. The molecule has 1 aliphatic heterocycles. The number of rotatable bonds is 4. The van der Waals surface area contributed by atoms with Crippen molar-refractivity contribution in [3.05, 3.63) is 6.33 Å². The standard InChI is InChI=1S/C10H17N5O2/c11-10-12-7-15(13-10)6-9(17)14-3-1-8(5-14)2-4-16/h7-8,16H,1-6H2,(H2,11,13). The van der Waals surface area contributed by atoms with Crippen LogP contribution in [-0.4, -0.2) is 50.4 Å². The first kappa shape index (κ1) is 11.8. The van der Waals surface area contributed by atoms with E-state index in [1.165, 1.54) is 11.0 Å². The Morgan fingerprint density at radius 2 is 2.47 bits per heavy atom. The summed E-state index contributed by atoms with van der Waals surface area (Å²) in [6, 6.07) is 0. The molecule has 1 amide bonds. The molecule has 94 valence electrons. The Morgan fingerprint density at radius 1 is 1.65 bits per heavy atom. The fourth-order valence-corrected chi connectivity index (χ4v) is 2.10. The third kappa shape index (κ3) is 2.94. The Hall–Kier alpha value is -1.63. The van der Waals surface area contributed by atoms with Crippen LogP contribution in [0.5, 0.6) is 0 Å². The lowest BCUT2D eigenvalue weighted by molar-refractivity contribution is -0.131. The largest absolute Gasteiger partial charge is 0.396 e. The first-order valence-corrected chi connectivity index (χ1v) is 5.72. The van der Waals surface area contributed by atoms with Crippen LogP contribution in [0.1, 0.15) is 12.8 Å². The molecule has 2 heterocycles. The number of likely N-dealkylation sites (tertiary alicyclic amines) is 1. The number of carbonyl (C=O) groups excluding carboxylic acids is 1. The molecule has 1 atom stereocenters. The highest BCUT2D eigenvalue weighted by molar-refractivity contribution is 5.76. The SMILES string of the molecule is Nc1ncn(CC(=O)N2CCC(CCO)C2)n1. The van der Waals surface area contributed by atoms with Crippen molar-refractivity contribution in [2.75, 3.05) is 25.4 Å². The summed E-state index contributed by atoms with van der Waals surface area (Å²) in [4.78, 5) is 17.5. The number of aliphatic hydroxyl groups excluding tert-OH is 1. The van der Waals surface area contributed by atoms with Gasteiger partial charge in [-0.3, -0.25) is 4.79 Å². The molecular formula is C10H17N5O2. The van der Waals surface area contributed by atoms with E-state index in [-0.39, 0.29) is 25.0 Å². The number of hydrogen-bond acceptors (Lipinski definition) is 5. The third-order valence-corrected chi connectivity index (χ3v) is 3.03. The molecule has 1 fully saturated rings. The second-order valence-electron chi connectivity index (χ2n) is 4.31. The molecule has 1 unspecified atom stereocenters. The van der Waals surface area contributed by atoms with Crippen molar-refractivity contribution in [1.82, 2.24) is 19.7 Å². The predicted octanol–water partition coefficient (Wildman–Crippen LogP) is -0.909. The number of aromatic nitrogens is 3. The van der Waals surface area contributed by atoms with Gasteiger partial charge in [-0.15, -0.1) is 5.10 Å². The maximum absolute atomic E-state index is 11.9. The molecule has 0 spiro atoms. The van der Waals surface area contributed by atoms with E-state index in [2.05, 4.69) is 10.1 Å². The zero-order valence-corrected chi connectivity index (χ0v) is 9.62. The molecule has 1 aromatic rings. The minimum atomic E-state index is 0.0235. The van der Waals surface area contributed by atoms with Crippen molar-refractivity contribution in [2.45, 2.75) is 19.4 Å². The molecule has 2 rings (SSSR count). The van der Waals surface area contributed by atoms with E-state index in [1.54, 1.807) is 4.90 Å². The quantitative estimate of drug-likeness (QED) is 0.709. The van der Waals surface area contributed by atoms with Gasteiger partial charge >= 0.3 is 0 Å². The highest BCUT2D eigenvalue weighted by Gasteiger charge is 2.25. The van der Waals surface area contributed by atoms with Gasteiger partial charge in [0.25, 0.3) is 0 Å². The zero-order valence-electron chi connectivity index (χ0n) is 9.62. The molecule has 0 aromatic carbocycles. The van der Waals surface area contributed by atoms with Crippen LogP contribution in [0.25, 0.3) is 0 Å². The van der Waals surface area contributed by atoms with E-state index >= 15 is 0 Å². The van der Waals surface area contributed by atoms with Crippen molar-refractivity contribution in [1.29, 1.82) is 0 Å². The second kappa shape index (κ2) is 5.13. The van der Waals surface area contributed by atoms with Crippen LogP contribution in [0.3, 0.4) is 0 Å². The van der Waals surface area contributed by atoms with Gasteiger partial charge in [-0.25, -0.2) is 9.67 Å². The number of nitrogens with two attached hydrogens (primary N) is 1. The van der Waals surface area contributed by atoms with E-state index in [4.69, 9.17) is 10.8 Å². The van der Waals surface area contributed by atoms with Gasteiger partial charge in [-0.1, -0.05) is 0 Å². The molecule has 0 saturated carbocycles. The summed E-state index contributed by atoms with van der Waals surface area (Å²) in [5.41, 5.74) is 5.37.